The molecule has 0 fully saturated rings. The van der Waals surface area contributed by atoms with Gasteiger partial charge in [-0.1, -0.05) is 57.6 Å². The molecule has 0 atom stereocenters. The lowest BCUT2D eigenvalue weighted by Gasteiger charge is -2.06. The van der Waals surface area contributed by atoms with Crippen molar-refractivity contribution in [3.8, 4) is 5.75 Å². The molecule has 25 heavy (non-hydrogen) atoms. The number of hydrogen-bond donors (Lipinski definition) is 1. The second-order valence-electron chi connectivity index (χ2n) is 6.29. The van der Waals surface area contributed by atoms with Crippen molar-refractivity contribution in [2.75, 3.05) is 13.2 Å². The van der Waals surface area contributed by atoms with Gasteiger partial charge in [-0.3, -0.25) is 0 Å². The maximum absolute atomic E-state index is 11.5. The number of aliphatic hydroxyl groups is 1. The highest BCUT2D eigenvalue weighted by molar-refractivity contribution is 5.87. The number of carbonyl (C=O) groups excluding carboxylic acids is 1. The van der Waals surface area contributed by atoms with E-state index in [1.54, 1.807) is 6.92 Å². The van der Waals surface area contributed by atoms with Gasteiger partial charge in [-0.05, 0) is 37.5 Å². The van der Waals surface area contributed by atoms with Crippen LogP contribution in [-0.4, -0.2) is 24.3 Å². The number of rotatable bonds is 13. The summed E-state index contributed by atoms with van der Waals surface area (Å²) in [7, 11) is 0. The molecular weight excluding hydrogens is 316 g/mol. The average molecular weight is 348 g/mol. The molecule has 140 valence electrons. The van der Waals surface area contributed by atoms with Crippen molar-refractivity contribution in [3.63, 3.8) is 0 Å². The van der Waals surface area contributed by atoms with Crippen LogP contribution in [0.5, 0.6) is 5.75 Å². The van der Waals surface area contributed by atoms with E-state index in [1.165, 1.54) is 56.8 Å². The molecule has 4 nitrogen and oxygen atoms in total. The molecule has 0 bridgehead atoms. The second kappa shape index (κ2) is 13.5. The van der Waals surface area contributed by atoms with Gasteiger partial charge >= 0.3 is 5.97 Å². The van der Waals surface area contributed by atoms with E-state index in [1.807, 2.05) is 12.1 Å². The standard InChI is InChI=1S/C21H32O4/c1-3-4-5-6-7-8-9-10-19-11-13-20(14-12-19)25-17-18(2)21(23)24-16-15-22/h11-14,17,22H,3-10,15-16H2,1-2H3. The summed E-state index contributed by atoms with van der Waals surface area (Å²) in [5.41, 5.74) is 1.67. The number of benzene rings is 1. The highest BCUT2D eigenvalue weighted by Gasteiger charge is 2.05. The minimum atomic E-state index is -0.482. The van der Waals surface area contributed by atoms with Crippen LogP contribution in [0.4, 0.5) is 0 Å². The van der Waals surface area contributed by atoms with Crippen molar-refractivity contribution in [3.05, 3.63) is 41.7 Å². The summed E-state index contributed by atoms with van der Waals surface area (Å²) < 4.78 is 10.3. The number of aryl methyl sites for hydroxylation is 1. The summed E-state index contributed by atoms with van der Waals surface area (Å²) in [5, 5.41) is 8.63. The Morgan fingerprint density at radius 1 is 1.04 bits per heavy atom. The fourth-order valence-corrected chi connectivity index (χ4v) is 2.48. The molecule has 1 rings (SSSR count). The van der Waals surface area contributed by atoms with Crippen molar-refractivity contribution < 1.29 is 19.4 Å². The van der Waals surface area contributed by atoms with Crippen LogP contribution in [0.15, 0.2) is 36.1 Å². The van der Waals surface area contributed by atoms with Crippen LogP contribution in [-0.2, 0) is 16.0 Å². The Balaban J connectivity index is 2.28. The third kappa shape index (κ3) is 9.92. The molecule has 1 aromatic rings. The lowest BCUT2D eigenvalue weighted by Crippen LogP contribution is -2.09. The topological polar surface area (TPSA) is 55.8 Å². The SMILES string of the molecule is CCCCCCCCCc1ccc(OC=C(C)C(=O)OCCO)cc1. The molecule has 0 aliphatic rings. The van der Waals surface area contributed by atoms with Gasteiger partial charge in [-0.15, -0.1) is 0 Å². The van der Waals surface area contributed by atoms with E-state index in [0.29, 0.717) is 11.3 Å². The van der Waals surface area contributed by atoms with Crippen molar-refractivity contribution in [2.45, 2.75) is 65.2 Å². The Labute approximate surface area is 151 Å². The number of unbranched alkanes of at least 4 members (excludes halogenated alkanes) is 6. The molecule has 0 unspecified atom stereocenters. The van der Waals surface area contributed by atoms with E-state index in [0.717, 1.165) is 6.42 Å². The molecule has 0 spiro atoms. The summed E-state index contributed by atoms with van der Waals surface area (Å²) in [4.78, 5) is 11.5. The monoisotopic (exact) mass is 348 g/mol. The number of aliphatic hydroxyl groups excluding tert-OH is 1. The Kier molecular flexibility index (Phi) is 11.4. The predicted molar refractivity (Wildman–Crippen MR) is 101 cm³/mol. The van der Waals surface area contributed by atoms with Crippen LogP contribution in [0.25, 0.3) is 0 Å². The van der Waals surface area contributed by atoms with Crippen molar-refractivity contribution in [1.29, 1.82) is 0 Å². The van der Waals surface area contributed by atoms with Gasteiger partial charge in [0.1, 0.15) is 18.6 Å². The maximum atomic E-state index is 11.5. The Bertz CT molecular complexity index is 505. The van der Waals surface area contributed by atoms with Gasteiger partial charge in [0, 0.05) is 0 Å². The van der Waals surface area contributed by atoms with E-state index in [-0.39, 0.29) is 13.2 Å². The average Bonchev–Trinajstić information content (AvgIpc) is 2.64. The molecule has 0 radical (unpaired) electrons. The summed E-state index contributed by atoms with van der Waals surface area (Å²) in [6.07, 6.45) is 11.7. The van der Waals surface area contributed by atoms with Crippen LogP contribution in [0.3, 0.4) is 0 Å². The van der Waals surface area contributed by atoms with Gasteiger partial charge in [-0.25, -0.2) is 4.79 Å². The smallest absolute Gasteiger partial charge is 0.336 e. The van der Waals surface area contributed by atoms with Crippen LogP contribution in [0.2, 0.25) is 0 Å². The molecular formula is C21H32O4. The predicted octanol–water partition coefficient (Wildman–Crippen LogP) is 4.80. The molecule has 0 aliphatic heterocycles. The first kappa shape index (κ1) is 21.2. The zero-order valence-corrected chi connectivity index (χ0v) is 15.6. The second-order valence-corrected chi connectivity index (χ2v) is 6.29. The lowest BCUT2D eigenvalue weighted by atomic mass is 10.0. The van der Waals surface area contributed by atoms with E-state index >= 15 is 0 Å². The number of ether oxygens (including phenoxy) is 2. The fourth-order valence-electron chi connectivity index (χ4n) is 2.48. The first-order valence-corrected chi connectivity index (χ1v) is 9.37. The fraction of sp³-hybridized carbons (Fsp3) is 0.571. The van der Waals surface area contributed by atoms with Crippen molar-refractivity contribution in [2.24, 2.45) is 0 Å². The first-order chi connectivity index (χ1) is 12.2. The molecule has 4 heteroatoms. The molecule has 1 aromatic carbocycles. The van der Waals surface area contributed by atoms with Gasteiger partial charge in [0.25, 0.3) is 0 Å². The molecule has 0 amide bonds. The molecule has 0 heterocycles. The first-order valence-electron chi connectivity index (χ1n) is 9.37. The third-order valence-electron chi connectivity index (χ3n) is 4.01. The number of esters is 1. The van der Waals surface area contributed by atoms with E-state index in [9.17, 15) is 4.79 Å². The van der Waals surface area contributed by atoms with Crippen LogP contribution < -0.4 is 4.74 Å². The summed E-state index contributed by atoms with van der Waals surface area (Å²) in [5.74, 6) is 0.210. The summed E-state index contributed by atoms with van der Waals surface area (Å²) >= 11 is 0. The number of hydrogen-bond acceptors (Lipinski definition) is 4. The van der Waals surface area contributed by atoms with E-state index < -0.39 is 5.97 Å². The molecule has 1 N–H and O–H groups in total. The minimum Gasteiger partial charge on any atom is -0.464 e. The Morgan fingerprint density at radius 3 is 2.32 bits per heavy atom. The van der Waals surface area contributed by atoms with Gasteiger partial charge in [0.2, 0.25) is 0 Å². The quantitative estimate of drug-likeness (QED) is 0.241. The zero-order valence-electron chi connectivity index (χ0n) is 15.6. The highest BCUT2D eigenvalue weighted by Crippen LogP contribution is 2.16. The largest absolute Gasteiger partial charge is 0.464 e. The van der Waals surface area contributed by atoms with Gasteiger partial charge in [-0.2, -0.15) is 0 Å². The molecule has 0 aliphatic carbocycles. The molecule has 0 saturated heterocycles. The number of carbonyl (C=O) groups is 1. The van der Waals surface area contributed by atoms with Crippen LogP contribution >= 0.6 is 0 Å². The van der Waals surface area contributed by atoms with E-state index in [4.69, 9.17) is 14.6 Å². The third-order valence-corrected chi connectivity index (χ3v) is 4.01. The van der Waals surface area contributed by atoms with Crippen molar-refractivity contribution >= 4 is 5.97 Å². The van der Waals surface area contributed by atoms with Gasteiger partial charge < -0.3 is 14.6 Å². The van der Waals surface area contributed by atoms with Crippen LogP contribution in [0.1, 0.15) is 64.4 Å². The van der Waals surface area contributed by atoms with Crippen molar-refractivity contribution in [1.82, 2.24) is 0 Å². The minimum absolute atomic E-state index is 0.00266. The summed E-state index contributed by atoms with van der Waals surface area (Å²) in [6.45, 7) is 3.68. The van der Waals surface area contributed by atoms with Gasteiger partial charge in [0.15, 0.2) is 0 Å². The lowest BCUT2D eigenvalue weighted by molar-refractivity contribution is -0.140. The summed E-state index contributed by atoms with van der Waals surface area (Å²) in [6, 6.07) is 7.97. The maximum Gasteiger partial charge on any atom is 0.336 e. The molecule has 0 aromatic heterocycles. The Morgan fingerprint density at radius 2 is 1.68 bits per heavy atom. The zero-order chi connectivity index (χ0) is 18.3. The van der Waals surface area contributed by atoms with Crippen LogP contribution in [0, 0.1) is 0 Å². The van der Waals surface area contributed by atoms with Gasteiger partial charge in [0.05, 0.1) is 12.2 Å². The van der Waals surface area contributed by atoms with E-state index in [2.05, 4.69) is 19.1 Å². The normalized spacial score (nSPS) is 11.4. The Hall–Kier alpha value is -1.81. The highest BCUT2D eigenvalue weighted by atomic mass is 16.5. The molecule has 0 saturated carbocycles.